The van der Waals surface area contributed by atoms with Gasteiger partial charge in [0.25, 0.3) is 0 Å². The summed E-state index contributed by atoms with van der Waals surface area (Å²) in [6.07, 6.45) is 6.23. The van der Waals surface area contributed by atoms with Gasteiger partial charge in [-0.05, 0) is 18.8 Å². The van der Waals surface area contributed by atoms with Crippen molar-refractivity contribution in [1.29, 1.82) is 5.26 Å². The van der Waals surface area contributed by atoms with Gasteiger partial charge < -0.3 is 9.88 Å². The standard InChI is InChI=1S/C14H20N4O3S/c1-18-9-8-17-14(18)22(20,21)10-11-4-2-3-5-12(11)13(19)16-7-6-15/h8-9,11-12H,2-5,7,10H2,1H3,(H,16,19)/t11-,12+/m1/s1. The maximum atomic E-state index is 12.5. The van der Waals surface area contributed by atoms with Crippen molar-refractivity contribution in [1.82, 2.24) is 14.9 Å². The molecule has 0 unspecified atom stereocenters. The highest BCUT2D eigenvalue weighted by molar-refractivity contribution is 7.91. The topological polar surface area (TPSA) is 105 Å². The van der Waals surface area contributed by atoms with Crippen molar-refractivity contribution >= 4 is 15.7 Å². The van der Waals surface area contributed by atoms with Crippen molar-refractivity contribution < 1.29 is 13.2 Å². The molecule has 120 valence electrons. The normalized spacial score (nSPS) is 22.0. The van der Waals surface area contributed by atoms with Gasteiger partial charge in [-0.15, -0.1) is 0 Å². The molecule has 1 aliphatic carbocycles. The molecule has 1 N–H and O–H groups in total. The summed E-state index contributed by atoms with van der Waals surface area (Å²) in [4.78, 5) is 16.0. The zero-order valence-electron chi connectivity index (χ0n) is 12.5. The molecule has 8 heteroatoms. The van der Waals surface area contributed by atoms with Crippen LogP contribution in [-0.4, -0.2) is 36.2 Å². The van der Waals surface area contributed by atoms with E-state index in [1.807, 2.05) is 6.07 Å². The summed E-state index contributed by atoms with van der Waals surface area (Å²) < 4.78 is 26.5. The van der Waals surface area contributed by atoms with Crippen molar-refractivity contribution in [3.63, 3.8) is 0 Å². The summed E-state index contributed by atoms with van der Waals surface area (Å²) >= 11 is 0. The van der Waals surface area contributed by atoms with Gasteiger partial charge in [0.1, 0.15) is 6.54 Å². The van der Waals surface area contributed by atoms with Crippen molar-refractivity contribution in [2.75, 3.05) is 12.3 Å². The van der Waals surface area contributed by atoms with Crippen LogP contribution < -0.4 is 5.32 Å². The summed E-state index contributed by atoms with van der Waals surface area (Å²) in [6, 6.07) is 1.87. The zero-order valence-corrected chi connectivity index (χ0v) is 13.3. The van der Waals surface area contributed by atoms with Crippen LogP contribution in [0.5, 0.6) is 0 Å². The molecule has 1 amide bonds. The molecule has 1 saturated carbocycles. The van der Waals surface area contributed by atoms with Crippen LogP contribution in [0.25, 0.3) is 0 Å². The summed E-state index contributed by atoms with van der Waals surface area (Å²) in [7, 11) is -1.89. The predicted octanol–water partition coefficient (Wildman–Crippen LogP) is 0.640. The molecule has 0 bridgehead atoms. The Kier molecular flexibility index (Phi) is 5.19. The SMILES string of the molecule is Cn1ccnc1S(=O)(=O)C[C@H]1CCCC[C@@H]1C(=O)NCC#N. The van der Waals surface area contributed by atoms with Gasteiger partial charge in [0.15, 0.2) is 0 Å². The summed E-state index contributed by atoms with van der Waals surface area (Å²) in [5, 5.41) is 11.1. The van der Waals surface area contributed by atoms with Crippen molar-refractivity contribution in [3.8, 4) is 6.07 Å². The molecule has 1 heterocycles. The molecule has 2 rings (SSSR count). The number of nitrogens with zero attached hydrogens (tertiary/aromatic N) is 3. The number of carbonyl (C=O) groups excluding carboxylic acids is 1. The minimum Gasteiger partial charge on any atom is -0.343 e. The van der Waals surface area contributed by atoms with E-state index in [1.54, 1.807) is 13.2 Å². The van der Waals surface area contributed by atoms with E-state index in [1.165, 1.54) is 10.8 Å². The number of nitriles is 1. The molecule has 1 fully saturated rings. The first-order valence-electron chi connectivity index (χ1n) is 7.30. The molecule has 0 aromatic carbocycles. The molecule has 0 aliphatic heterocycles. The molecule has 22 heavy (non-hydrogen) atoms. The van der Waals surface area contributed by atoms with Crippen LogP contribution >= 0.6 is 0 Å². The highest BCUT2D eigenvalue weighted by Crippen LogP contribution is 2.32. The van der Waals surface area contributed by atoms with E-state index in [2.05, 4.69) is 10.3 Å². The fourth-order valence-corrected chi connectivity index (χ4v) is 4.85. The lowest BCUT2D eigenvalue weighted by molar-refractivity contribution is -0.127. The highest BCUT2D eigenvalue weighted by Gasteiger charge is 2.35. The molecular weight excluding hydrogens is 304 g/mol. The Balaban J connectivity index is 2.13. The number of nitrogens with one attached hydrogen (secondary N) is 1. The lowest BCUT2D eigenvalue weighted by Gasteiger charge is -2.30. The quantitative estimate of drug-likeness (QED) is 0.800. The first kappa shape index (κ1) is 16.5. The van der Waals surface area contributed by atoms with Gasteiger partial charge in [-0.2, -0.15) is 5.26 Å². The van der Waals surface area contributed by atoms with Gasteiger partial charge in [0.05, 0.1) is 11.8 Å². The number of carbonyl (C=O) groups is 1. The van der Waals surface area contributed by atoms with Gasteiger partial charge in [-0.25, -0.2) is 13.4 Å². The maximum Gasteiger partial charge on any atom is 0.227 e. The van der Waals surface area contributed by atoms with Crippen LogP contribution in [-0.2, 0) is 21.7 Å². The Labute approximate surface area is 130 Å². The third kappa shape index (κ3) is 3.65. The Morgan fingerprint density at radius 2 is 2.23 bits per heavy atom. The number of sulfone groups is 1. The summed E-state index contributed by atoms with van der Waals surface area (Å²) in [5.41, 5.74) is 0. The monoisotopic (exact) mass is 324 g/mol. The molecule has 0 saturated heterocycles. The van der Waals surface area contributed by atoms with E-state index in [0.717, 1.165) is 12.8 Å². The molecular formula is C14H20N4O3S. The van der Waals surface area contributed by atoms with E-state index >= 15 is 0 Å². The number of hydrogen-bond donors (Lipinski definition) is 1. The fourth-order valence-electron chi connectivity index (χ4n) is 3.02. The van der Waals surface area contributed by atoms with E-state index in [9.17, 15) is 13.2 Å². The Bertz CT molecular complexity index is 675. The second kappa shape index (κ2) is 6.92. The molecule has 1 aromatic rings. The van der Waals surface area contributed by atoms with Gasteiger partial charge in [-0.1, -0.05) is 12.8 Å². The van der Waals surface area contributed by atoms with E-state index in [4.69, 9.17) is 5.26 Å². The second-order valence-electron chi connectivity index (χ2n) is 5.63. The first-order chi connectivity index (χ1) is 10.5. The molecule has 0 spiro atoms. The summed E-state index contributed by atoms with van der Waals surface area (Å²) in [5.74, 6) is -0.879. The minimum absolute atomic E-state index is 0.0363. The van der Waals surface area contributed by atoms with Crippen LogP contribution in [0.3, 0.4) is 0 Å². The first-order valence-corrected chi connectivity index (χ1v) is 8.95. The van der Waals surface area contributed by atoms with E-state index in [0.29, 0.717) is 12.8 Å². The number of amides is 1. The van der Waals surface area contributed by atoms with Crippen molar-refractivity contribution in [2.45, 2.75) is 30.8 Å². The van der Waals surface area contributed by atoms with Crippen LogP contribution in [0.2, 0.25) is 0 Å². The number of aryl methyl sites for hydroxylation is 1. The molecule has 1 aromatic heterocycles. The number of aromatic nitrogens is 2. The third-order valence-corrected chi connectivity index (χ3v) is 5.89. The largest absolute Gasteiger partial charge is 0.343 e. The zero-order chi connectivity index (χ0) is 16.2. The van der Waals surface area contributed by atoms with Crippen LogP contribution in [0, 0.1) is 23.2 Å². The lowest BCUT2D eigenvalue weighted by Crippen LogP contribution is -2.39. The predicted molar refractivity (Wildman–Crippen MR) is 79.3 cm³/mol. The van der Waals surface area contributed by atoms with Gasteiger partial charge in [-0.3, -0.25) is 4.79 Å². The van der Waals surface area contributed by atoms with E-state index in [-0.39, 0.29) is 35.2 Å². The number of hydrogen-bond acceptors (Lipinski definition) is 5. The molecule has 7 nitrogen and oxygen atoms in total. The molecule has 1 aliphatic rings. The number of rotatable bonds is 5. The van der Waals surface area contributed by atoms with Crippen molar-refractivity contribution in [2.24, 2.45) is 18.9 Å². The van der Waals surface area contributed by atoms with Gasteiger partial charge in [0, 0.05) is 25.4 Å². The minimum atomic E-state index is -3.53. The van der Waals surface area contributed by atoms with Gasteiger partial charge in [0.2, 0.25) is 20.9 Å². The third-order valence-electron chi connectivity index (χ3n) is 4.08. The maximum absolute atomic E-state index is 12.5. The smallest absolute Gasteiger partial charge is 0.227 e. The average molecular weight is 324 g/mol. The second-order valence-corrected chi connectivity index (χ2v) is 7.56. The Hall–Kier alpha value is -1.88. The summed E-state index contributed by atoms with van der Waals surface area (Å²) in [6.45, 7) is -0.0475. The lowest BCUT2D eigenvalue weighted by atomic mass is 9.80. The van der Waals surface area contributed by atoms with E-state index < -0.39 is 9.84 Å². The van der Waals surface area contributed by atoms with Crippen LogP contribution in [0.15, 0.2) is 17.6 Å². The fraction of sp³-hybridized carbons (Fsp3) is 0.643. The van der Waals surface area contributed by atoms with Crippen LogP contribution in [0.4, 0.5) is 0 Å². The molecule has 0 radical (unpaired) electrons. The van der Waals surface area contributed by atoms with Gasteiger partial charge >= 0.3 is 0 Å². The average Bonchev–Trinajstić information content (AvgIpc) is 2.92. The highest BCUT2D eigenvalue weighted by atomic mass is 32.2. The number of imidazole rings is 1. The van der Waals surface area contributed by atoms with Crippen LogP contribution in [0.1, 0.15) is 25.7 Å². The Morgan fingerprint density at radius 1 is 1.50 bits per heavy atom. The van der Waals surface area contributed by atoms with Crippen molar-refractivity contribution in [3.05, 3.63) is 12.4 Å². The Morgan fingerprint density at radius 3 is 2.86 bits per heavy atom. The molecule has 2 atom stereocenters.